The predicted molar refractivity (Wildman–Crippen MR) is 120 cm³/mol. The Labute approximate surface area is 175 Å². The average Bonchev–Trinajstić information content (AvgIpc) is 3.30. The number of likely N-dealkylation sites (N-methyl/N-ethyl adjacent to an activating group) is 2. The van der Waals surface area contributed by atoms with Crippen LogP contribution in [0.1, 0.15) is 11.1 Å². The van der Waals surface area contributed by atoms with Crippen LogP contribution in [-0.4, -0.2) is 64.4 Å². The third kappa shape index (κ3) is 3.36. The predicted octanol–water partition coefficient (Wildman–Crippen LogP) is 3.30. The normalized spacial score (nSPS) is 11.9. The summed E-state index contributed by atoms with van der Waals surface area (Å²) in [6.07, 6.45) is 3.38. The van der Waals surface area contributed by atoms with Crippen molar-refractivity contribution in [3.8, 4) is 28.5 Å². The molecule has 2 aromatic carbocycles. The summed E-state index contributed by atoms with van der Waals surface area (Å²) in [7, 11) is 5.92. The van der Waals surface area contributed by atoms with Crippen molar-refractivity contribution in [1.29, 1.82) is 0 Å². The molecule has 7 nitrogen and oxygen atoms in total. The van der Waals surface area contributed by atoms with Crippen LogP contribution in [0.3, 0.4) is 0 Å². The number of aromatic hydroxyl groups is 3. The molecular formula is C23H28N4O3. The van der Waals surface area contributed by atoms with Crippen molar-refractivity contribution < 1.29 is 15.3 Å². The van der Waals surface area contributed by atoms with E-state index in [1.54, 1.807) is 0 Å². The lowest BCUT2D eigenvalue weighted by molar-refractivity contribution is 0.414. The molecule has 0 atom stereocenters. The molecule has 2 aromatic heterocycles. The zero-order valence-electron chi connectivity index (χ0n) is 17.5. The van der Waals surface area contributed by atoms with Crippen LogP contribution in [0.5, 0.6) is 17.2 Å². The van der Waals surface area contributed by atoms with Gasteiger partial charge in [0.15, 0.2) is 0 Å². The second-order valence-corrected chi connectivity index (χ2v) is 7.94. The SMILES string of the molecule is CNCCc1c(-c2ccc3[nH]cc(CCN(C)C)c3c2O)[nH]c2c(O)ccc(O)c12. The van der Waals surface area contributed by atoms with Gasteiger partial charge in [-0.25, -0.2) is 0 Å². The fourth-order valence-electron chi connectivity index (χ4n) is 4.08. The third-order valence-electron chi connectivity index (χ3n) is 5.64. The number of aromatic nitrogens is 2. The highest BCUT2D eigenvalue weighted by Gasteiger charge is 2.22. The van der Waals surface area contributed by atoms with Gasteiger partial charge in [0.25, 0.3) is 0 Å². The Bertz CT molecular complexity index is 1210. The minimum absolute atomic E-state index is 0.0636. The van der Waals surface area contributed by atoms with E-state index >= 15 is 0 Å². The molecule has 4 rings (SSSR count). The van der Waals surface area contributed by atoms with Crippen LogP contribution in [0.2, 0.25) is 0 Å². The van der Waals surface area contributed by atoms with Gasteiger partial charge in [-0.1, -0.05) is 0 Å². The molecule has 30 heavy (non-hydrogen) atoms. The summed E-state index contributed by atoms with van der Waals surface area (Å²) in [4.78, 5) is 8.61. The number of benzene rings is 2. The molecule has 0 saturated heterocycles. The molecule has 0 aliphatic carbocycles. The molecule has 0 saturated carbocycles. The molecule has 0 amide bonds. The molecule has 0 aliphatic heterocycles. The van der Waals surface area contributed by atoms with Crippen LogP contribution < -0.4 is 5.32 Å². The zero-order chi connectivity index (χ0) is 21.4. The number of hydrogen-bond acceptors (Lipinski definition) is 5. The first-order valence-electron chi connectivity index (χ1n) is 10.1. The van der Waals surface area contributed by atoms with Crippen molar-refractivity contribution in [2.24, 2.45) is 0 Å². The van der Waals surface area contributed by atoms with Crippen LogP contribution in [-0.2, 0) is 12.8 Å². The van der Waals surface area contributed by atoms with Gasteiger partial charge in [-0.2, -0.15) is 0 Å². The van der Waals surface area contributed by atoms with Gasteiger partial charge in [0.1, 0.15) is 17.2 Å². The molecule has 0 bridgehead atoms. The first-order valence-corrected chi connectivity index (χ1v) is 10.1. The first kappa shape index (κ1) is 20.1. The lowest BCUT2D eigenvalue weighted by Crippen LogP contribution is -2.14. The molecule has 0 aliphatic rings. The maximum Gasteiger partial charge on any atom is 0.139 e. The minimum atomic E-state index is 0.0636. The van der Waals surface area contributed by atoms with E-state index in [1.807, 2.05) is 39.5 Å². The number of phenolic OH excluding ortho intramolecular Hbond substituents is 3. The van der Waals surface area contributed by atoms with E-state index < -0.39 is 0 Å². The van der Waals surface area contributed by atoms with Crippen LogP contribution >= 0.6 is 0 Å². The summed E-state index contributed by atoms with van der Waals surface area (Å²) < 4.78 is 0. The van der Waals surface area contributed by atoms with E-state index in [2.05, 4.69) is 20.2 Å². The molecule has 0 unspecified atom stereocenters. The second kappa shape index (κ2) is 7.93. The maximum absolute atomic E-state index is 11.3. The fraction of sp³-hybridized carbons (Fsp3) is 0.304. The maximum atomic E-state index is 11.3. The van der Waals surface area contributed by atoms with Crippen LogP contribution in [0.4, 0.5) is 0 Å². The van der Waals surface area contributed by atoms with Gasteiger partial charge in [0.05, 0.1) is 11.2 Å². The Balaban J connectivity index is 1.93. The summed E-state index contributed by atoms with van der Waals surface area (Å²) in [5, 5.41) is 36.6. The van der Waals surface area contributed by atoms with Crippen molar-refractivity contribution in [3.63, 3.8) is 0 Å². The molecule has 6 N–H and O–H groups in total. The largest absolute Gasteiger partial charge is 0.507 e. The summed E-state index contributed by atoms with van der Waals surface area (Å²) in [5.74, 6) is 0.359. The van der Waals surface area contributed by atoms with E-state index in [0.717, 1.165) is 35.0 Å². The average molecular weight is 409 g/mol. The van der Waals surface area contributed by atoms with Gasteiger partial charge < -0.3 is 35.5 Å². The highest BCUT2D eigenvalue weighted by Crippen LogP contribution is 2.44. The Kier molecular flexibility index (Phi) is 5.32. The van der Waals surface area contributed by atoms with E-state index in [1.165, 1.54) is 12.1 Å². The highest BCUT2D eigenvalue weighted by molar-refractivity contribution is 6.02. The van der Waals surface area contributed by atoms with E-state index in [0.29, 0.717) is 35.1 Å². The van der Waals surface area contributed by atoms with Gasteiger partial charge in [0.2, 0.25) is 0 Å². The van der Waals surface area contributed by atoms with Gasteiger partial charge in [-0.15, -0.1) is 0 Å². The standard InChI is InChI=1S/C23H28N4O3/c1-24-10-8-14-20-17(28)6-7-18(29)22(20)26-21(14)15-4-5-16-19(23(15)30)13(12-25-16)9-11-27(2)3/h4-7,12,24-26,28-30H,8-11H2,1-3H3. The molecular weight excluding hydrogens is 380 g/mol. The number of nitrogens with one attached hydrogen (secondary N) is 3. The minimum Gasteiger partial charge on any atom is -0.507 e. The smallest absolute Gasteiger partial charge is 0.139 e. The molecule has 158 valence electrons. The monoisotopic (exact) mass is 408 g/mol. The summed E-state index contributed by atoms with van der Waals surface area (Å²) in [5.41, 5.74) is 4.61. The van der Waals surface area contributed by atoms with Gasteiger partial charge >= 0.3 is 0 Å². The quantitative estimate of drug-likeness (QED) is 0.263. The van der Waals surface area contributed by atoms with E-state index in [9.17, 15) is 15.3 Å². The molecule has 0 fully saturated rings. The summed E-state index contributed by atoms with van der Waals surface area (Å²) >= 11 is 0. The van der Waals surface area contributed by atoms with Crippen molar-refractivity contribution in [2.45, 2.75) is 12.8 Å². The number of H-pyrrole nitrogens is 2. The molecule has 0 spiro atoms. The van der Waals surface area contributed by atoms with Crippen molar-refractivity contribution in [1.82, 2.24) is 20.2 Å². The van der Waals surface area contributed by atoms with Gasteiger partial charge in [-0.3, -0.25) is 0 Å². The number of phenols is 3. The van der Waals surface area contributed by atoms with Crippen molar-refractivity contribution >= 4 is 21.8 Å². The fourth-order valence-corrected chi connectivity index (χ4v) is 4.08. The molecule has 2 heterocycles. The van der Waals surface area contributed by atoms with Crippen LogP contribution in [0.25, 0.3) is 33.1 Å². The highest BCUT2D eigenvalue weighted by atomic mass is 16.3. The van der Waals surface area contributed by atoms with E-state index in [4.69, 9.17) is 0 Å². The number of aromatic amines is 2. The number of hydrogen-bond donors (Lipinski definition) is 6. The third-order valence-corrected chi connectivity index (χ3v) is 5.64. The van der Waals surface area contributed by atoms with Crippen LogP contribution in [0, 0.1) is 0 Å². The Morgan fingerprint density at radius 2 is 1.73 bits per heavy atom. The van der Waals surface area contributed by atoms with Crippen molar-refractivity contribution in [2.75, 3.05) is 34.2 Å². The molecule has 0 radical (unpaired) electrons. The molecule has 4 aromatic rings. The number of nitrogens with zero attached hydrogens (tertiary/aromatic N) is 1. The Hall–Kier alpha value is -3.16. The van der Waals surface area contributed by atoms with Crippen LogP contribution in [0.15, 0.2) is 30.5 Å². The lowest BCUT2D eigenvalue weighted by Gasteiger charge is -2.11. The van der Waals surface area contributed by atoms with Gasteiger partial charge in [-0.05, 0) is 75.9 Å². The Morgan fingerprint density at radius 3 is 2.47 bits per heavy atom. The lowest BCUT2D eigenvalue weighted by atomic mass is 9.98. The van der Waals surface area contributed by atoms with E-state index in [-0.39, 0.29) is 17.2 Å². The number of rotatable bonds is 7. The zero-order valence-corrected chi connectivity index (χ0v) is 17.5. The molecule has 7 heteroatoms. The second-order valence-electron chi connectivity index (χ2n) is 7.94. The first-order chi connectivity index (χ1) is 14.4. The Morgan fingerprint density at radius 1 is 0.967 bits per heavy atom. The van der Waals surface area contributed by atoms with Gasteiger partial charge in [0, 0.05) is 34.6 Å². The van der Waals surface area contributed by atoms with Crippen molar-refractivity contribution in [3.05, 3.63) is 41.6 Å². The topological polar surface area (TPSA) is 108 Å². The summed E-state index contributed by atoms with van der Waals surface area (Å²) in [6, 6.07) is 6.78. The summed E-state index contributed by atoms with van der Waals surface area (Å²) in [6.45, 7) is 1.56. The number of fused-ring (bicyclic) bond motifs is 2.